The normalized spacial score (nSPS) is 18.4. The second-order valence-electron chi connectivity index (χ2n) is 5.26. The molecular weight excluding hydrogens is 250 g/mol. The van der Waals surface area contributed by atoms with Crippen LogP contribution in [0.2, 0.25) is 0 Å². The van der Waals surface area contributed by atoms with E-state index in [2.05, 4.69) is 27.0 Å². The van der Waals surface area contributed by atoms with Crippen molar-refractivity contribution >= 4 is 0 Å². The van der Waals surface area contributed by atoms with Crippen LogP contribution in [0, 0.1) is 0 Å². The summed E-state index contributed by atoms with van der Waals surface area (Å²) in [5.74, 6) is 0.909. The van der Waals surface area contributed by atoms with Gasteiger partial charge in [0.1, 0.15) is 5.75 Å². The Morgan fingerprint density at radius 2 is 2.20 bits per heavy atom. The number of imidazole rings is 1. The Balaban J connectivity index is 1.64. The summed E-state index contributed by atoms with van der Waals surface area (Å²) in [7, 11) is 1.70. The molecule has 3 rings (SSSR count). The fourth-order valence-electron chi connectivity index (χ4n) is 2.79. The quantitative estimate of drug-likeness (QED) is 0.908. The van der Waals surface area contributed by atoms with Gasteiger partial charge < -0.3 is 14.6 Å². The molecule has 1 atom stereocenters. The minimum absolute atomic E-state index is 0.480. The SMILES string of the molecule is COc1ccc(CCn2cncc2C2CCCN2)cc1. The van der Waals surface area contributed by atoms with Crippen molar-refractivity contribution in [1.82, 2.24) is 14.9 Å². The van der Waals surface area contributed by atoms with Crippen LogP contribution in [0.3, 0.4) is 0 Å². The molecular formula is C16H21N3O. The van der Waals surface area contributed by atoms with Gasteiger partial charge in [0.05, 0.1) is 19.1 Å². The first-order valence-electron chi connectivity index (χ1n) is 7.23. The van der Waals surface area contributed by atoms with Crippen LogP contribution >= 0.6 is 0 Å². The van der Waals surface area contributed by atoms with E-state index < -0.39 is 0 Å². The van der Waals surface area contributed by atoms with Crippen LogP contribution in [0.5, 0.6) is 5.75 Å². The lowest BCUT2D eigenvalue weighted by atomic mass is 10.1. The van der Waals surface area contributed by atoms with Crippen molar-refractivity contribution in [2.24, 2.45) is 0 Å². The Morgan fingerprint density at radius 1 is 1.35 bits per heavy atom. The number of nitrogens with zero attached hydrogens (tertiary/aromatic N) is 2. The highest BCUT2D eigenvalue weighted by atomic mass is 16.5. The van der Waals surface area contributed by atoms with Crippen LogP contribution in [0.1, 0.15) is 30.1 Å². The average molecular weight is 271 g/mol. The van der Waals surface area contributed by atoms with Crippen LogP contribution in [-0.4, -0.2) is 23.2 Å². The summed E-state index contributed by atoms with van der Waals surface area (Å²) in [5, 5.41) is 3.54. The molecule has 1 aliphatic heterocycles. The van der Waals surface area contributed by atoms with Gasteiger partial charge in [-0.15, -0.1) is 0 Å². The van der Waals surface area contributed by atoms with Crippen molar-refractivity contribution < 1.29 is 4.74 Å². The Labute approximate surface area is 119 Å². The molecule has 2 aromatic rings. The minimum atomic E-state index is 0.480. The summed E-state index contributed by atoms with van der Waals surface area (Å²) in [6.45, 7) is 2.09. The number of rotatable bonds is 5. The van der Waals surface area contributed by atoms with Gasteiger partial charge in [-0.25, -0.2) is 4.98 Å². The number of nitrogens with one attached hydrogen (secondary N) is 1. The summed E-state index contributed by atoms with van der Waals surface area (Å²) < 4.78 is 7.45. The van der Waals surface area contributed by atoms with E-state index in [0.29, 0.717) is 6.04 Å². The smallest absolute Gasteiger partial charge is 0.118 e. The lowest BCUT2D eigenvalue weighted by Crippen LogP contribution is -2.17. The first-order valence-corrected chi connectivity index (χ1v) is 7.23. The Morgan fingerprint density at radius 3 is 2.90 bits per heavy atom. The third-order valence-corrected chi connectivity index (χ3v) is 3.96. The van der Waals surface area contributed by atoms with Crippen molar-refractivity contribution in [3.05, 3.63) is 48.0 Å². The maximum atomic E-state index is 5.18. The first-order chi connectivity index (χ1) is 9.86. The van der Waals surface area contributed by atoms with Gasteiger partial charge in [-0.2, -0.15) is 0 Å². The topological polar surface area (TPSA) is 39.1 Å². The van der Waals surface area contributed by atoms with Crippen LogP contribution in [0.15, 0.2) is 36.8 Å². The molecule has 1 saturated heterocycles. The highest BCUT2D eigenvalue weighted by molar-refractivity contribution is 5.27. The van der Waals surface area contributed by atoms with Crippen molar-refractivity contribution in [3.63, 3.8) is 0 Å². The van der Waals surface area contributed by atoms with E-state index in [-0.39, 0.29) is 0 Å². The highest BCUT2D eigenvalue weighted by Crippen LogP contribution is 2.23. The summed E-state index contributed by atoms with van der Waals surface area (Å²) >= 11 is 0. The Kier molecular flexibility index (Phi) is 4.02. The second-order valence-corrected chi connectivity index (χ2v) is 5.26. The van der Waals surface area contributed by atoms with Crippen LogP contribution in [0.4, 0.5) is 0 Å². The van der Waals surface area contributed by atoms with Crippen molar-refractivity contribution in [2.45, 2.75) is 31.8 Å². The zero-order valence-corrected chi connectivity index (χ0v) is 11.9. The van der Waals surface area contributed by atoms with Gasteiger partial charge in [0.15, 0.2) is 0 Å². The monoisotopic (exact) mass is 271 g/mol. The van der Waals surface area contributed by atoms with Gasteiger partial charge in [0.25, 0.3) is 0 Å². The molecule has 4 nitrogen and oxygen atoms in total. The largest absolute Gasteiger partial charge is 0.497 e. The number of ether oxygens (including phenoxy) is 1. The van der Waals surface area contributed by atoms with Crippen molar-refractivity contribution in [2.75, 3.05) is 13.7 Å². The van der Waals surface area contributed by atoms with E-state index in [1.165, 1.54) is 24.1 Å². The molecule has 1 fully saturated rings. The molecule has 0 aliphatic carbocycles. The molecule has 0 spiro atoms. The summed E-state index contributed by atoms with van der Waals surface area (Å²) in [6.07, 6.45) is 7.43. The van der Waals surface area contributed by atoms with Gasteiger partial charge in [-0.1, -0.05) is 12.1 Å². The standard InChI is InChI=1S/C16H21N3O/c1-20-14-6-4-13(5-7-14)8-10-19-12-17-11-16(19)15-3-2-9-18-15/h4-7,11-12,15,18H,2-3,8-10H2,1H3. The second kappa shape index (κ2) is 6.09. The lowest BCUT2D eigenvalue weighted by molar-refractivity contribution is 0.414. The van der Waals surface area contributed by atoms with E-state index >= 15 is 0 Å². The van der Waals surface area contributed by atoms with Crippen LogP contribution in [0.25, 0.3) is 0 Å². The third kappa shape index (κ3) is 2.85. The number of benzene rings is 1. The molecule has 20 heavy (non-hydrogen) atoms. The van der Waals surface area contributed by atoms with Gasteiger partial charge >= 0.3 is 0 Å². The number of aromatic nitrogens is 2. The zero-order chi connectivity index (χ0) is 13.8. The molecule has 1 unspecified atom stereocenters. The van der Waals surface area contributed by atoms with E-state index in [4.69, 9.17) is 4.74 Å². The predicted molar refractivity (Wildman–Crippen MR) is 78.9 cm³/mol. The van der Waals surface area contributed by atoms with Gasteiger partial charge in [0, 0.05) is 18.8 Å². The fraction of sp³-hybridized carbons (Fsp3) is 0.438. The van der Waals surface area contributed by atoms with E-state index in [1.54, 1.807) is 7.11 Å². The molecule has 0 saturated carbocycles. The van der Waals surface area contributed by atoms with Gasteiger partial charge in [-0.05, 0) is 43.5 Å². The van der Waals surface area contributed by atoms with Crippen molar-refractivity contribution in [3.8, 4) is 5.75 Å². The minimum Gasteiger partial charge on any atom is -0.497 e. The van der Waals surface area contributed by atoms with Crippen LogP contribution < -0.4 is 10.1 Å². The zero-order valence-electron chi connectivity index (χ0n) is 11.9. The lowest BCUT2D eigenvalue weighted by Gasteiger charge is -2.14. The summed E-state index contributed by atoms with van der Waals surface area (Å²) in [5.41, 5.74) is 2.64. The molecule has 1 aliphatic rings. The highest BCUT2D eigenvalue weighted by Gasteiger charge is 2.19. The van der Waals surface area contributed by atoms with Gasteiger partial charge in [0.2, 0.25) is 0 Å². The maximum Gasteiger partial charge on any atom is 0.118 e. The average Bonchev–Trinajstić information content (AvgIpc) is 3.16. The van der Waals surface area contributed by atoms with E-state index in [1.807, 2.05) is 24.7 Å². The maximum absolute atomic E-state index is 5.18. The molecule has 2 heterocycles. The number of hydrogen-bond acceptors (Lipinski definition) is 3. The summed E-state index contributed by atoms with van der Waals surface area (Å²) in [6, 6.07) is 8.77. The van der Waals surface area contributed by atoms with E-state index in [9.17, 15) is 0 Å². The van der Waals surface area contributed by atoms with Crippen LogP contribution in [-0.2, 0) is 13.0 Å². The molecule has 1 aromatic carbocycles. The molecule has 1 aromatic heterocycles. The third-order valence-electron chi connectivity index (χ3n) is 3.96. The molecule has 0 bridgehead atoms. The molecule has 0 radical (unpaired) electrons. The fourth-order valence-corrected chi connectivity index (χ4v) is 2.79. The van der Waals surface area contributed by atoms with E-state index in [0.717, 1.165) is 25.3 Å². The summed E-state index contributed by atoms with van der Waals surface area (Å²) in [4.78, 5) is 4.31. The molecule has 1 N–H and O–H groups in total. The molecule has 106 valence electrons. The Hall–Kier alpha value is -1.81. The predicted octanol–water partition coefficient (Wildman–Crippen LogP) is 2.56. The van der Waals surface area contributed by atoms with Gasteiger partial charge in [-0.3, -0.25) is 0 Å². The van der Waals surface area contributed by atoms with Crippen molar-refractivity contribution in [1.29, 1.82) is 0 Å². The first kappa shape index (κ1) is 13.2. The number of hydrogen-bond donors (Lipinski definition) is 1. The number of methoxy groups -OCH3 is 1. The molecule has 0 amide bonds. The number of aryl methyl sites for hydroxylation is 2. The Bertz CT molecular complexity index is 541. The molecule has 4 heteroatoms.